The molecule has 2 N–H and O–H groups in total. The van der Waals surface area contributed by atoms with E-state index >= 15 is 0 Å². The molecule has 9 nitrogen and oxygen atoms in total. The molecule has 1 aliphatic heterocycles. The summed E-state index contributed by atoms with van der Waals surface area (Å²) in [6.07, 6.45) is 1.16. The molecule has 10 heteroatoms. The van der Waals surface area contributed by atoms with Crippen LogP contribution in [-0.2, 0) is 21.2 Å². The number of sulfone groups is 1. The molecule has 1 aromatic heterocycles. The second kappa shape index (κ2) is 8.15. The molecule has 1 fully saturated rings. The van der Waals surface area contributed by atoms with Gasteiger partial charge in [-0.1, -0.05) is 12.1 Å². The van der Waals surface area contributed by atoms with Gasteiger partial charge >= 0.3 is 6.03 Å². The van der Waals surface area contributed by atoms with Crippen LogP contribution in [0.25, 0.3) is 0 Å². The molecular formula is C21H18N2O7S. The maximum absolute atomic E-state index is 13.1. The summed E-state index contributed by atoms with van der Waals surface area (Å²) in [4.78, 5) is 23.1. The molecule has 0 saturated carbocycles. The van der Waals surface area contributed by atoms with E-state index in [2.05, 4.69) is 5.32 Å². The van der Waals surface area contributed by atoms with Crippen LogP contribution in [-0.4, -0.2) is 27.5 Å². The number of hydrogen-bond donors (Lipinski definition) is 2. The number of imide groups is 1. The van der Waals surface area contributed by atoms with Gasteiger partial charge in [0.15, 0.2) is 11.8 Å². The Balaban J connectivity index is 1.52. The molecule has 0 spiro atoms. The zero-order chi connectivity index (χ0) is 22.0. The molecule has 3 aromatic rings. The lowest BCUT2D eigenvalue weighted by molar-refractivity contribution is -0.120. The first-order valence-corrected chi connectivity index (χ1v) is 10.7. The number of carbonyl (C=O) groups is 2. The van der Waals surface area contributed by atoms with E-state index in [1.165, 1.54) is 30.3 Å². The average Bonchev–Trinajstić information content (AvgIpc) is 3.39. The summed E-state index contributed by atoms with van der Waals surface area (Å²) in [5.74, 6) is 0.363. The maximum atomic E-state index is 13.1. The molecule has 3 amide bonds. The van der Waals surface area contributed by atoms with Crippen LogP contribution >= 0.6 is 0 Å². The van der Waals surface area contributed by atoms with Crippen molar-refractivity contribution in [3.05, 3.63) is 72.2 Å². The van der Waals surface area contributed by atoms with Crippen molar-refractivity contribution in [1.29, 1.82) is 0 Å². The number of furan rings is 1. The summed E-state index contributed by atoms with van der Waals surface area (Å²) < 4.78 is 42.2. The van der Waals surface area contributed by atoms with E-state index in [9.17, 15) is 18.0 Å². The van der Waals surface area contributed by atoms with E-state index in [1.807, 2.05) is 29.6 Å². The fourth-order valence-corrected chi connectivity index (χ4v) is 4.53. The number of amides is 3. The zero-order valence-electron chi connectivity index (χ0n) is 16.3. The van der Waals surface area contributed by atoms with E-state index in [1.54, 1.807) is 7.11 Å². The van der Waals surface area contributed by atoms with Gasteiger partial charge in [0.2, 0.25) is 9.84 Å². The van der Waals surface area contributed by atoms with Crippen LogP contribution in [0.15, 0.2) is 75.1 Å². The molecule has 0 aliphatic carbocycles. The van der Waals surface area contributed by atoms with Gasteiger partial charge in [0.25, 0.3) is 5.91 Å². The number of methoxy groups -OCH3 is 1. The second-order valence-electron chi connectivity index (χ2n) is 6.66. The lowest BCUT2D eigenvalue weighted by Gasteiger charge is -2.10. The summed E-state index contributed by atoms with van der Waals surface area (Å²) in [5, 5.41) is 4.38. The first kappa shape index (κ1) is 20.5. The Morgan fingerprint density at radius 3 is 2.48 bits per heavy atom. The minimum atomic E-state index is -3.99. The summed E-state index contributed by atoms with van der Waals surface area (Å²) in [7, 11) is -2.41. The summed E-state index contributed by atoms with van der Waals surface area (Å²) in [6.45, 7) is 0.283. The number of benzene rings is 2. The predicted molar refractivity (Wildman–Crippen MR) is 107 cm³/mol. The third kappa shape index (κ3) is 4.10. The van der Waals surface area contributed by atoms with Gasteiger partial charge in [0.05, 0.1) is 18.3 Å². The van der Waals surface area contributed by atoms with E-state index in [-0.39, 0.29) is 22.2 Å². The van der Waals surface area contributed by atoms with Crippen molar-refractivity contribution in [2.45, 2.75) is 22.4 Å². The largest absolute Gasteiger partial charge is 0.497 e. The van der Waals surface area contributed by atoms with E-state index in [4.69, 9.17) is 13.9 Å². The quantitative estimate of drug-likeness (QED) is 0.539. The highest BCUT2D eigenvalue weighted by Crippen LogP contribution is 2.31. The Morgan fingerprint density at radius 2 is 1.81 bits per heavy atom. The van der Waals surface area contributed by atoms with E-state index in [0.29, 0.717) is 11.5 Å². The highest BCUT2D eigenvalue weighted by molar-refractivity contribution is 7.91. The van der Waals surface area contributed by atoms with Crippen molar-refractivity contribution in [2.75, 3.05) is 7.11 Å². The Labute approximate surface area is 177 Å². The smallest absolute Gasteiger partial charge is 0.322 e. The van der Waals surface area contributed by atoms with Crippen LogP contribution in [0, 0.1) is 0 Å². The third-order valence-corrected chi connectivity index (χ3v) is 6.47. The molecule has 2 heterocycles. The molecule has 160 valence electrons. The normalized spacial score (nSPS) is 16.0. The lowest BCUT2D eigenvalue weighted by atomic mass is 10.2. The monoisotopic (exact) mass is 442 g/mol. The molecule has 1 atom stereocenters. The van der Waals surface area contributed by atoms with Gasteiger partial charge in [-0.05, 0) is 48.0 Å². The molecule has 0 bridgehead atoms. The maximum Gasteiger partial charge on any atom is 0.322 e. The number of urea groups is 1. The predicted octanol–water partition coefficient (Wildman–Crippen LogP) is 2.58. The number of rotatable bonds is 7. The van der Waals surface area contributed by atoms with Crippen molar-refractivity contribution >= 4 is 21.8 Å². The number of nitrogens with one attached hydrogen (secondary N) is 2. The van der Waals surface area contributed by atoms with Crippen LogP contribution in [0.5, 0.6) is 11.5 Å². The van der Waals surface area contributed by atoms with Crippen LogP contribution in [0.3, 0.4) is 0 Å². The molecule has 1 aliphatic rings. The van der Waals surface area contributed by atoms with Gasteiger partial charge in [-0.3, -0.25) is 10.1 Å². The Kier molecular flexibility index (Phi) is 5.38. The SMILES string of the molecule is COc1cccc(COc2ccc(S(=O)(=O)c3ccoc3C3NC(=O)NC3=O)cc2)c1. The number of carbonyl (C=O) groups excluding carboxylic acids is 2. The molecule has 4 rings (SSSR count). The first-order chi connectivity index (χ1) is 14.9. The standard InChI is InChI=1S/C21H18N2O7S/c1-28-15-4-2-3-13(11-15)12-30-14-5-7-16(8-6-14)31(26,27)17-9-10-29-19(17)18-20(24)23-21(25)22-18/h2-11,18H,12H2,1H3,(H2,22,23,24,25). The average molecular weight is 442 g/mol. The molecule has 0 radical (unpaired) electrons. The topological polar surface area (TPSA) is 124 Å². The van der Waals surface area contributed by atoms with Crippen molar-refractivity contribution in [1.82, 2.24) is 10.6 Å². The Morgan fingerprint density at radius 1 is 1.03 bits per heavy atom. The zero-order valence-corrected chi connectivity index (χ0v) is 17.1. The highest BCUT2D eigenvalue weighted by Gasteiger charge is 2.38. The summed E-state index contributed by atoms with van der Waals surface area (Å²) >= 11 is 0. The number of hydrogen-bond acceptors (Lipinski definition) is 7. The van der Waals surface area contributed by atoms with Crippen LogP contribution in [0.2, 0.25) is 0 Å². The summed E-state index contributed by atoms with van der Waals surface area (Å²) in [6, 6.07) is 12.6. The second-order valence-corrected chi connectivity index (χ2v) is 8.58. The molecular weight excluding hydrogens is 424 g/mol. The highest BCUT2D eigenvalue weighted by atomic mass is 32.2. The van der Waals surface area contributed by atoms with Gasteiger partial charge in [-0.2, -0.15) is 0 Å². The van der Waals surface area contributed by atoms with Gasteiger partial charge in [0, 0.05) is 0 Å². The van der Waals surface area contributed by atoms with Gasteiger partial charge < -0.3 is 19.2 Å². The minimum absolute atomic E-state index is 0.00591. The summed E-state index contributed by atoms with van der Waals surface area (Å²) in [5.41, 5.74) is 0.899. The van der Waals surface area contributed by atoms with Gasteiger partial charge in [0.1, 0.15) is 23.0 Å². The minimum Gasteiger partial charge on any atom is -0.497 e. The van der Waals surface area contributed by atoms with Crippen molar-refractivity contribution in [3.8, 4) is 11.5 Å². The van der Waals surface area contributed by atoms with E-state index in [0.717, 1.165) is 11.8 Å². The van der Waals surface area contributed by atoms with Crippen LogP contribution in [0.4, 0.5) is 4.79 Å². The molecule has 31 heavy (non-hydrogen) atoms. The molecule has 1 unspecified atom stereocenters. The third-order valence-electron chi connectivity index (χ3n) is 4.66. The number of ether oxygens (including phenoxy) is 2. The first-order valence-electron chi connectivity index (χ1n) is 9.18. The van der Waals surface area contributed by atoms with Crippen molar-refractivity contribution in [3.63, 3.8) is 0 Å². The van der Waals surface area contributed by atoms with Crippen LogP contribution < -0.4 is 20.1 Å². The molecule has 2 aromatic carbocycles. The van der Waals surface area contributed by atoms with Crippen LogP contribution in [0.1, 0.15) is 17.4 Å². The fraction of sp³-hybridized carbons (Fsp3) is 0.143. The van der Waals surface area contributed by atoms with Crippen molar-refractivity contribution in [2.24, 2.45) is 0 Å². The van der Waals surface area contributed by atoms with Crippen molar-refractivity contribution < 1.29 is 31.9 Å². The van der Waals surface area contributed by atoms with Gasteiger partial charge in [-0.15, -0.1) is 0 Å². The molecule has 1 saturated heterocycles. The Hall–Kier alpha value is -3.79. The van der Waals surface area contributed by atoms with E-state index < -0.39 is 27.8 Å². The fourth-order valence-electron chi connectivity index (χ4n) is 3.11. The Bertz CT molecular complexity index is 1230. The lowest BCUT2D eigenvalue weighted by Crippen LogP contribution is -2.22. The van der Waals surface area contributed by atoms with Gasteiger partial charge in [-0.25, -0.2) is 13.2 Å².